The smallest absolute Gasteiger partial charge is 0.322 e. The fraction of sp³-hybridized carbons (Fsp3) is 0.208. The minimum absolute atomic E-state index is 0.00300. The van der Waals surface area contributed by atoms with Gasteiger partial charge in [0.15, 0.2) is 5.84 Å². The maximum absolute atomic E-state index is 14.6. The number of amidine groups is 1. The normalized spacial score (nSPS) is 19.1. The van der Waals surface area contributed by atoms with E-state index in [0.717, 1.165) is 12.1 Å². The Morgan fingerprint density at radius 3 is 2.84 bits per heavy atom. The zero-order valence-electron chi connectivity index (χ0n) is 17.0. The van der Waals surface area contributed by atoms with Crippen molar-refractivity contribution in [2.24, 2.45) is 4.99 Å². The van der Waals surface area contributed by atoms with E-state index in [9.17, 15) is 9.18 Å². The van der Waals surface area contributed by atoms with Gasteiger partial charge in [0.25, 0.3) is 0 Å². The van der Waals surface area contributed by atoms with Gasteiger partial charge in [0, 0.05) is 24.2 Å². The fourth-order valence-corrected chi connectivity index (χ4v) is 4.61. The summed E-state index contributed by atoms with van der Waals surface area (Å²) in [6, 6.07) is 14.4. The largest absolute Gasteiger partial charge is 0.360 e. The van der Waals surface area contributed by atoms with Crippen LogP contribution in [0.4, 0.5) is 14.9 Å². The van der Waals surface area contributed by atoms with Gasteiger partial charge in [-0.25, -0.2) is 14.2 Å². The molecule has 5 rings (SSSR count). The van der Waals surface area contributed by atoms with Crippen LogP contribution in [0, 0.1) is 18.2 Å². The summed E-state index contributed by atoms with van der Waals surface area (Å²) in [5.41, 5.74) is 4.36. The summed E-state index contributed by atoms with van der Waals surface area (Å²) >= 11 is 0. The lowest BCUT2D eigenvalue weighted by atomic mass is 9.99. The maximum Gasteiger partial charge on any atom is 0.322 e. The molecule has 2 atom stereocenters. The minimum atomic E-state index is -0.527. The van der Waals surface area contributed by atoms with E-state index in [4.69, 9.17) is 5.41 Å². The van der Waals surface area contributed by atoms with Crippen LogP contribution in [0.3, 0.4) is 0 Å². The zero-order chi connectivity index (χ0) is 21.5. The van der Waals surface area contributed by atoms with Gasteiger partial charge in [0.05, 0.1) is 23.6 Å². The summed E-state index contributed by atoms with van der Waals surface area (Å²) in [5, 5.41) is 11.0. The lowest BCUT2D eigenvalue weighted by molar-refractivity contribution is 0.204. The Kier molecular flexibility index (Phi) is 4.66. The average molecular weight is 415 g/mol. The Hall–Kier alpha value is -3.74. The highest BCUT2D eigenvalue weighted by Crippen LogP contribution is 2.50. The number of anilines is 1. The monoisotopic (exact) mass is 415 g/mol. The molecule has 1 fully saturated rings. The van der Waals surface area contributed by atoms with Gasteiger partial charge in [-0.05, 0) is 54.3 Å². The lowest BCUT2D eigenvalue weighted by Gasteiger charge is -2.29. The van der Waals surface area contributed by atoms with Crippen LogP contribution in [-0.2, 0) is 0 Å². The number of carbonyl (C=O) groups excluding carboxylic acids is 1. The Balaban J connectivity index is 1.36. The Morgan fingerprint density at radius 2 is 2.06 bits per heavy atom. The van der Waals surface area contributed by atoms with Gasteiger partial charge in [-0.1, -0.05) is 24.3 Å². The number of carbonyl (C=O) groups is 1. The van der Waals surface area contributed by atoms with Crippen LogP contribution in [0.1, 0.15) is 46.3 Å². The summed E-state index contributed by atoms with van der Waals surface area (Å²) < 4.78 is 14.6. The lowest BCUT2D eigenvalue weighted by Crippen LogP contribution is -2.37. The van der Waals surface area contributed by atoms with Crippen molar-refractivity contribution in [3.05, 3.63) is 88.5 Å². The van der Waals surface area contributed by atoms with Crippen molar-refractivity contribution in [1.29, 1.82) is 5.41 Å². The van der Waals surface area contributed by atoms with Gasteiger partial charge in [-0.2, -0.15) is 0 Å². The van der Waals surface area contributed by atoms with E-state index in [2.05, 4.69) is 27.4 Å². The van der Waals surface area contributed by atoms with Crippen molar-refractivity contribution in [1.82, 2.24) is 9.88 Å². The van der Waals surface area contributed by atoms with E-state index < -0.39 is 5.82 Å². The van der Waals surface area contributed by atoms with Crippen LogP contribution >= 0.6 is 0 Å². The summed E-state index contributed by atoms with van der Waals surface area (Å²) in [7, 11) is 0. The van der Waals surface area contributed by atoms with Crippen LogP contribution < -0.4 is 5.32 Å². The minimum Gasteiger partial charge on any atom is -0.360 e. The number of rotatable bonds is 3. The molecule has 0 radical (unpaired) electrons. The van der Waals surface area contributed by atoms with E-state index in [1.54, 1.807) is 24.2 Å². The zero-order valence-corrected chi connectivity index (χ0v) is 17.0. The molecule has 31 heavy (non-hydrogen) atoms. The molecule has 7 heteroatoms. The molecule has 2 aromatic carbocycles. The predicted molar refractivity (Wildman–Crippen MR) is 119 cm³/mol. The third-order valence-electron chi connectivity index (χ3n) is 6.12. The molecule has 1 aromatic heterocycles. The summed E-state index contributed by atoms with van der Waals surface area (Å²) in [6.07, 6.45) is 4.22. The molecule has 6 nitrogen and oxygen atoms in total. The SMILES string of the molecule is Cc1cc(F)c(NC(=O)N2CC3CC2c2ccccc23)cc1C(=N)N=Cc1ccc[nH]1. The van der Waals surface area contributed by atoms with E-state index >= 15 is 0 Å². The van der Waals surface area contributed by atoms with Gasteiger partial charge in [-0.15, -0.1) is 0 Å². The molecule has 2 aliphatic rings. The molecular weight excluding hydrogens is 393 g/mol. The van der Waals surface area contributed by atoms with Crippen molar-refractivity contribution in [2.45, 2.75) is 25.3 Å². The van der Waals surface area contributed by atoms with Gasteiger partial charge in [0.1, 0.15) is 5.82 Å². The molecule has 2 amide bonds. The van der Waals surface area contributed by atoms with E-state index in [0.29, 0.717) is 23.6 Å². The molecular formula is C24H22FN5O. The molecule has 2 bridgehead atoms. The van der Waals surface area contributed by atoms with Crippen LogP contribution in [0.15, 0.2) is 59.7 Å². The number of hydrogen-bond donors (Lipinski definition) is 3. The van der Waals surface area contributed by atoms with Gasteiger partial charge in [0.2, 0.25) is 0 Å². The van der Waals surface area contributed by atoms with Crippen molar-refractivity contribution in [2.75, 3.05) is 11.9 Å². The number of hydrogen-bond acceptors (Lipinski definition) is 2. The first-order chi connectivity index (χ1) is 15.0. The second-order valence-corrected chi connectivity index (χ2v) is 8.04. The highest BCUT2D eigenvalue weighted by Gasteiger charge is 2.44. The van der Waals surface area contributed by atoms with E-state index in [-0.39, 0.29) is 23.6 Å². The fourth-order valence-electron chi connectivity index (χ4n) is 4.61. The number of aromatic amines is 1. The molecule has 0 saturated carbocycles. The molecule has 2 heterocycles. The summed E-state index contributed by atoms with van der Waals surface area (Å²) in [5.74, 6) is -0.196. The molecule has 3 N–H and O–H groups in total. The Bertz CT molecular complexity index is 1200. The molecule has 1 aliphatic carbocycles. The van der Waals surface area contributed by atoms with Crippen molar-refractivity contribution >= 4 is 23.8 Å². The number of H-pyrrole nitrogens is 1. The number of nitrogens with one attached hydrogen (secondary N) is 3. The highest BCUT2D eigenvalue weighted by atomic mass is 19.1. The Labute approximate surface area is 179 Å². The number of aromatic nitrogens is 1. The molecule has 1 saturated heterocycles. The van der Waals surface area contributed by atoms with Crippen LogP contribution in [0.5, 0.6) is 0 Å². The summed E-state index contributed by atoms with van der Waals surface area (Å²) in [4.78, 5) is 21.9. The highest BCUT2D eigenvalue weighted by molar-refractivity contribution is 6.05. The third kappa shape index (κ3) is 3.42. The Morgan fingerprint density at radius 1 is 1.26 bits per heavy atom. The second-order valence-electron chi connectivity index (χ2n) is 8.04. The summed E-state index contributed by atoms with van der Waals surface area (Å²) in [6.45, 7) is 2.35. The maximum atomic E-state index is 14.6. The van der Waals surface area contributed by atoms with E-state index in [1.807, 2.05) is 24.3 Å². The molecule has 0 spiro atoms. The average Bonchev–Trinajstić information content (AvgIpc) is 3.51. The number of amides is 2. The number of aliphatic imine (C=N–C) groups is 1. The van der Waals surface area contributed by atoms with Crippen molar-refractivity contribution in [3.8, 4) is 0 Å². The standard InChI is InChI=1S/C24H22FN5O/c1-14-9-20(25)21(11-19(14)23(26)28-12-16-5-4-8-27-16)29-24(31)30-13-15-10-22(30)18-7-3-2-6-17(15)18/h2-9,11-12,15,22,26-27H,10,13H2,1H3,(H,29,31). The van der Waals surface area contributed by atoms with Crippen molar-refractivity contribution < 1.29 is 9.18 Å². The number of fused-ring (bicyclic) bond motifs is 5. The number of benzene rings is 2. The van der Waals surface area contributed by atoms with Crippen LogP contribution in [0.2, 0.25) is 0 Å². The number of aryl methyl sites for hydroxylation is 1. The van der Waals surface area contributed by atoms with Gasteiger partial charge >= 0.3 is 6.03 Å². The topological polar surface area (TPSA) is 84.3 Å². The first-order valence-corrected chi connectivity index (χ1v) is 10.2. The van der Waals surface area contributed by atoms with E-state index in [1.165, 1.54) is 23.3 Å². The van der Waals surface area contributed by atoms with Crippen LogP contribution in [0.25, 0.3) is 0 Å². The number of nitrogens with zero attached hydrogens (tertiary/aromatic N) is 2. The van der Waals surface area contributed by atoms with Gasteiger partial charge in [-0.3, -0.25) is 5.41 Å². The number of urea groups is 1. The van der Waals surface area contributed by atoms with Crippen molar-refractivity contribution in [3.63, 3.8) is 0 Å². The quantitative estimate of drug-likeness (QED) is 0.409. The second kappa shape index (κ2) is 7.50. The molecule has 3 aromatic rings. The van der Waals surface area contributed by atoms with Crippen LogP contribution in [-0.4, -0.2) is 34.5 Å². The first-order valence-electron chi connectivity index (χ1n) is 10.2. The molecule has 1 aliphatic heterocycles. The predicted octanol–water partition coefficient (Wildman–Crippen LogP) is 4.98. The number of halogens is 1. The van der Waals surface area contributed by atoms with Gasteiger partial charge < -0.3 is 15.2 Å². The molecule has 2 unspecified atom stereocenters. The third-order valence-corrected chi connectivity index (χ3v) is 6.12. The number of likely N-dealkylation sites (tertiary alicyclic amines) is 1. The molecule has 156 valence electrons. The first kappa shape index (κ1) is 19.2.